The second-order valence-corrected chi connectivity index (χ2v) is 9.05. The van der Waals surface area contributed by atoms with Crippen LogP contribution in [0.4, 0.5) is 27.5 Å². The van der Waals surface area contributed by atoms with Crippen molar-refractivity contribution in [3.8, 4) is 0 Å². The van der Waals surface area contributed by atoms with Crippen molar-refractivity contribution in [1.82, 2.24) is 10.2 Å². The molecule has 0 unspecified atom stereocenters. The number of piperidine rings is 1. The predicted octanol–water partition coefficient (Wildman–Crippen LogP) is 3.59. The lowest BCUT2D eigenvalue weighted by Crippen LogP contribution is -2.34. The Balaban J connectivity index is 1.67. The molecule has 1 heterocycles. The quantitative estimate of drug-likeness (QED) is 0.344. The molecular weight excluding hydrogens is 472 g/mol. The molecule has 0 aliphatic carbocycles. The molecule has 0 radical (unpaired) electrons. The smallest absolute Gasteiger partial charge is 0.323 e. The van der Waals surface area contributed by atoms with E-state index in [1.165, 1.54) is 31.1 Å². The van der Waals surface area contributed by atoms with Gasteiger partial charge in [0.05, 0.1) is 12.2 Å². The average molecular weight is 511 g/mol. The normalized spacial score (nSPS) is 13.5. The van der Waals surface area contributed by atoms with Gasteiger partial charge in [0.25, 0.3) is 5.91 Å². The Morgan fingerprint density at radius 1 is 0.973 bits per heavy atom. The Morgan fingerprint density at radius 3 is 2.41 bits per heavy atom. The number of anilines is 4. The van der Waals surface area contributed by atoms with E-state index in [1.807, 2.05) is 0 Å². The van der Waals surface area contributed by atoms with Gasteiger partial charge in [0.2, 0.25) is 5.91 Å². The van der Waals surface area contributed by atoms with Gasteiger partial charge in [-0.25, -0.2) is 4.79 Å². The van der Waals surface area contributed by atoms with E-state index in [4.69, 9.17) is 4.74 Å². The first-order valence-corrected chi connectivity index (χ1v) is 12.7. The van der Waals surface area contributed by atoms with Crippen LogP contribution in [-0.4, -0.2) is 76.2 Å². The second kappa shape index (κ2) is 14.2. The van der Waals surface area contributed by atoms with Gasteiger partial charge in [-0.3, -0.25) is 9.59 Å². The van der Waals surface area contributed by atoms with Gasteiger partial charge >= 0.3 is 6.03 Å². The molecule has 0 aromatic heterocycles. The van der Waals surface area contributed by atoms with Gasteiger partial charge in [-0.2, -0.15) is 0 Å². The minimum Gasteiger partial charge on any atom is -0.383 e. The van der Waals surface area contributed by atoms with Crippen LogP contribution in [0, 0.1) is 0 Å². The summed E-state index contributed by atoms with van der Waals surface area (Å²) in [5.41, 5.74) is 2.83. The molecule has 2 aromatic carbocycles. The third-order valence-corrected chi connectivity index (χ3v) is 6.27. The first kappa shape index (κ1) is 27.9. The fourth-order valence-electron chi connectivity index (χ4n) is 4.13. The first-order chi connectivity index (χ1) is 17.9. The summed E-state index contributed by atoms with van der Waals surface area (Å²) in [4.78, 5) is 41.2. The minimum atomic E-state index is -0.459. The molecule has 37 heavy (non-hydrogen) atoms. The van der Waals surface area contributed by atoms with Crippen molar-refractivity contribution in [1.29, 1.82) is 0 Å². The first-order valence-electron chi connectivity index (χ1n) is 12.7. The zero-order valence-corrected chi connectivity index (χ0v) is 21.9. The molecular formula is C27H38N6O4. The summed E-state index contributed by atoms with van der Waals surface area (Å²) in [6.07, 6.45) is 3.75. The summed E-state index contributed by atoms with van der Waals surface area (Å²) in [5.74, 6) is -0.357. The molecule has 10 nitrogen and oxygen atoms in total. The van der Waals surface area contributed by atoms with Crippen LogP contribution in [0.1, 0.15) is 36.5 Å². The molecule has 3 rings (SSSR count). The Hall–Kier alpha value is -3.63. The summed E-state index contributed by atoms with van der Waals surface area (Å²) in [5, 5.41) is 11.8. The van der Waals surface area contributed by atoms with Crippen LogP contribution in [0.2, 0.25) is 0 Å². The largest absolute Gasteiger partial charge is 0.383 e. The zero-order valence-electron chi connectivity index (χ0n) is 21.9. The highest BCUT2D eigenvalue weighted by Gasteiger charge is 2.15. The Bertz CT molecular complexity index is 1070. The monoisotopic (exact) mass is 510 g/mol. The molecule has 0 atom stereocenters. The Kier molecular flexibility index (Phi) is 10.7. The summed E-state index contributed by atoms with van der Waals surface area (Å²) in [6.45, 7) is 6.10. The molecule has 0 bridgehead atoms. The maximum Gasteiger partial charge on any atom is 0.323 e. The molecule has 2 aromatic rings. The number of likely N-dealkylation sites (tertiary alicyclic amines) is 1. The third kappa shape index (κ3) is 8.76. The van der Waals surface area contributed by atoms with Crippen molar-refractivity contribution in [2.75, 3.05) is 74.3 Å². The van der Waals surface area contributed by atoms with Crippen molar-refractivity contribution < 1.29 is 19.1 Å². The fraction of sp³-hybridized carbons (Fsp3) is 0.444. The van der Waals surface area contributed by atoms with E-state index in [0.717, 1.165) is 26.2 Å². The van der Waals surface area contributed by atoms with Crippen molar-refractivity contribution in [3.05, 3.63) is 48.0 Å². The molecule has 4 N–H and O–H groups in total. The number of rotatable bonds is 11. The van der Waals surface area contributed by atoms with Crippen molar-refractivity contribution in [2.24, 2.45) is 0 Å². The number of carbonyl (C=O) groups excluding carboxylic acids is 3. The van der Waals surface area contributed by atoms with Gasteiger partial charge in [0, 0.05) is 63.5 Å². The number of amides is 4. The van der Waals surface area contributed by atoms with Gasteiger partial charge in [0.15, 0.2) is 0 Å². The van der Waals surface area contributed by atoms with E-state index < -0.39 is 6.03 Å². The molecule has 4 amide bonds. The third-order valence-electron chi connectivity index (χ3n) is 6.27. The molecule has 200 valence electrons. The van der Waals surface area contributed by atoms with E-state index in [2.05, 4.69) is 26.2 Å². The Labute approximate surface area is 218 Å². The topological polar surface area (TPSA) is 115 Å². The molecule has 1 aliphatic rings. The predicted molar refractivity (Wildman–Crippen MR) is 148 cm³/mol. The van der Waals surface area contributed by atoms with Crippen molar-refractivity contribution in [2.45, 2.75) is 26.2 Å². The molecule has 0 spiro atoms. The van der Waals surface area contributed by atoms with Crippen molar-refractivity contribution in [3.63, 3.8) is 0 Å². The second-order valence-electron chi connectivity index (χ2n) is 9.05. The Morgan fingerprint density at radius 2 is 1.70 bits per heavy atom. The molecule has 1 saturated heterocycles. The van der Waals surface area contributed by atoms with Crippen LogP contribution < -0.4 is 26.2 Å². The van der Waals surface area contributed by atoms with E-state index in [-0.39, 0.29) is 11.8 Å². The lowest BCUT2D eigenvalue weighted by molar-refractivity contribution is -0.116. The number of benzene rings is 2. The van der Waals surface area contributed by atoms with E-state index >= 15 is 0 Å². The highest BCUT2D eigenvalue weighted by atomic mass is 16.5. The van der Waals surface area contributed by atoms with Crippen LogP contribution in [0.5, 0.6) is 0 Å². The lowest BCUT2D eigenvalue weighted by atomic mass is 10.1. The van der Waals surface area contributed by atoms with Crippen LogP contribution >= 0.6 is 0 Å². The zero-order chi connectivity index (χ0) is 26.6. The van der Waals surface area contributed by atoms with Gasteiger partial charge in [-0.15, -0.1) is 0 Å². The van der Waals surface area contributed by atoms with E-state index in [9.17, 15) is 14.4 Å². The van der Waals surface area contributed by atoms with Gasteiger partial charge in [-0.05, 0) is 62.3 Å². The number of nitrogens with one attached hydrogen (secondary N) is 4. The highest BCUT2D eigenvalue weighted by molar-refractivity contribution is 6.04. The lowest BCUT2D eigenvalue weighted by Gasteiger charge is -2.26. The van der Waals surface area contributed by atoms with Crippen molar-refractivity contribution >= 4 is 40.6 Å². The number of carbonyl (C=O) groups is 3. The highest BCUT2D eigenvalue weighted by Crippen LogP contribution is 2.22. The molecule has 0 saturated carbocycles. The summed E-state index contributed by atoms with van der Waals surface area (Å²) >= 11 is 0. The van der Waals surface area contributed by atoms with Crippen LogP contribution in [0.25, 0.3) is 0 Å². The number of ether oxygens (including phenoxy) is 1. The van der Waals surface area contributed by atoms with Gasteiger partial charge in [-0.1, -0.05) is 12.5 Å². The number of hydrogen-bond donors (Lipinski definition) is 4. The average Bonchev–Trinajstić information content (AvgIpc) is 2.89. The summed E-state index contributed by atoms with van der Waals surface area (Å²) in [6, 6.07) is 11.8. The van der Waals surface area contributed by atoms with Gasteiger partial charge in [0.1, 0.15) is 0 Å². The SMILES string of the molecule is COCCNC(=O)c1cc(NC(=O)Nc2cccc(N(C)C(C)=O)c2)ccc1NCCN1CCCCC1. The molecule has 10 heteroatoms. The summed E-state index contributed by atoms with van der Waals surface area (Å²) in [7, 11) is 3.25. The van der Waals surface area contributed by atoms with Crippen LogP contribution in [0.15, 0.2) is 42.5 Å². The van der Waals surface area contributed by atoms with E-state index in [0.29, 0.717) is 41.5 Å². The van der Waals surface area contributed by atoms with Gasteiger partial charge < -0.3 is 35.8 Å². The minimum absolute atomic E-state index is 0.109. The standard InChI is InChI=1S/C27H38N6O4/c1-20(34)32(2)23-9-7-8-21(18-23)30-27(36)31-22-10-11-25(24(19-22)26(35)29-13-17-37-3)28-12-16-33-14-5-4-6-15-33/h7-11,18-19,28H,4-6,12-17H2,1-3H3,(H,29,35)(H2,30,31,36). The van der Waals surface area contributed by atoms with Crippen LogP contribution in [0.3, 0.4) is 0 Å². The fourth-order valence-corrected chi connectivity index (χ4v) is 4.13. The maximum atomic E-state index is 12.9. The van der Waals surface area contributed by atoms with E-state index in [1.54, 1.807) is 56.6 Å². The number of methoxy groups -OCH3 is 1. The number of urea groups is 1. The van der Waals surface area contributed by atoms with Crippen LogP contribution in [-0.2, 0) is 9.53 Å². The summed E-state index contributed by atoms with van der Waals surface area (Å²) < 4.78 is 5.04. The maximum absolute atomic E-state index is 12.9. The molecule has 1 aliphatic heterocycles. The molecule has 1 fully saturated rings. The number of nitrogens with zero attached hydrogens (tertiary/aromatic N) is 2. The number of hydrogen-bond acceptors (Lipinski definition) is 6.